The van der Waals surface area contributed by atoms with Gasteiger partial charge < -0.3 is 14.5 Å². The fourth-order valence-electron chi connectivity index (χ4n) is 3.63. The van der Waals surface area contributed by atoms with Crippen LogP contribution in [0.3, 0.4) is 0 Å². The molecule has 1 saturated carbocycles. The Kier molecular flexibility index (Phi) is 5.58. The quantitative estimate of drug-likeness (QED) is 0.601. The van der Waals surface area contributed by atoms with E-state index < -0.39 is 0 Å². The van der Waals surface area contributed by atoms with Gasteiger partial charge in [0.15, 0.2) is 0 Å². The molecular formula is C21H23Cl2N3O. The van der Waals surface area contributed by atoms with Gasteiger partial charge in [0, 0.05) is 24.6 Å². The zero-order chi connectivity index (χ0) is 18.8. The number of fused-ring (bicyclic) bond motifs is 1. The molecule has 0 aliphatic heterocycles. The number of imidazole rings is 1. The van der Waals surface area contributed by atoms with Crippen molar-refractivity contribution in [1.82, 2.24) is 14.7 Å². The molecule has 1 aliphatic rings. The molecule has 1 unspecified atom stereocenters. The number of nitrogens with zero attached hydrogens (tertiary/aromatic N) is 2. The van der Waals surface area contributed by atoms with Crippen molar-refractivity contribution >= 4 is 28.8 Å². The molecule has 6 heteroatoms. The van der Waals surface area contributed by atoms with Crippen LogP contribution in [0, 0.1) is 5.92 Å². The van der Waals surface area contributed by atoms with Crippen LogP contribution in [0.1, 0.15) is 25.3 Å². The maximum atomic E-state index is 6.19. The van der Waals surface area contributed by atoms with Gasteiger partial charge in [0.1, 0.15) is 16.4 Å². The van der Waals surface area contributed by atoms with Crippen molar-refractivity contribution < 1.29 is 4.74 Å². The number of hydrogen-bond acceptors (Lipinski definition) is 3. The Morgan fingerprint density at radius 3 is 2.93 bits per heavy atom. The first-order valence-electron chi connectivity index (χ1n) is 9.34. The molecule has 2 heterocycles. The third-order valence-electron chi connectivity index (χ3n) is 5.18. The van der Waals surface area contributed by atoms with E-state index in [9.17, 15) is 0 Å². The maximum Gasteiger partial charge on any atom is 0.139 e. The monoisotopic (exact) mass is 403 g/mol. The highest BCUT2D eigenvalue weighted by molar-refractivity contribution is 6.42. The van der Waals surface area contributed by atoms with Crippen molar-refractivity contribution in [2.24, 2.45) is 5.92 Å². The molecule has 1 atom stereocenters. The molecule has 3 aromatic rings. The predicted molar refractivity (Wildman–Crippen MR) is 110 cm³/mol. The highest BCUT2D eigenvalue weighted by Gasteiger charge is 2.31. The van der Waals surface area contributed by atoms with Gasteiger partial charge in [-0.15, -0.1) is 0 Å². The average Bonchev–Trinajstić information content (AvgIpc) is 3.10. The maximum absolute atomic E-state index is 6.19. The van der Waals surface area contributed by atoms with E-state index in [4.69, 9.17) is 27.9 Å². The molecule has 1 aliphatic carbocycles. The van der Waals surface area contributed by atoms with Crippen LogP contribution in [-0.4, -0.2) is 28.1 Å². The topological polar surface area (TPSA) is 38.6 Å². The van der Waals surface area contributed by atoms with Gasteiger partial charge in [-0.05, 0) is 62.4 Å². The van der Waals surface area contributed by atoms with Gasteiger partial charge in [0.2, 0.25) is 0 Å². The summed E-state index contributed by atoms with van der Waals surface area (Å²) in [6.45, 7) is 3.23. The molecule has 0 saturated heterocycles. The van der Waals surface area contributed by atoms with Crippen LogP contribution < -0.4 is 10.1 Å². The molecule has 1 N–H and O–H groups in total. The summed E-state index contributed by atoms with van der Waals surface area (Å²) in [5.41, 5.74) is 2.31. The summed E-state index contributed by atoms with van der Waals surface area (Å²) in [5.74, 6) is 1.32. The molecule has 2 aromatic heterocycles. The number of aromatic nitrogens is 2. The molecular weight excluding hydrogens is 381 g/mol. The van der Waals surface area contributed by atoms with E-state index in [1.807, 2.05) is 30.7 Å². The number of halogens is 2. The van der Waals surface area contributed by atoms with Crippen molar-refractivity contribution in [2.75, 3.05) is 6.54 Å². The first-order valence-corrected chi connectivity index (χ1v) is 10.1. The molecule has 0 radical (unpaired) electrons. The van der Waals surface area contributed by atoms with Gasteiger partial charge >= 0.3 is 0 Å². The Balaban J connectivity index is 1.22. The van der Waals surface area contributed by atoms with Gasteiger partial charge in [0.25, 0.3) is 0 Å². The minimum Gasteiger partial charge on any atom is -0.489 e. The number of pyridine rings is 1. The van der Waals surface area contributed by atoms with Crippen LogP contribution in [0.15, 0.2) is 48.9 Å². The Hall–Kier alpha value is -1.75. The zero-order valence-corrected chi connectivity index (χ0v) is 16.7. The first kappa shape index (κ1) is 18.6. The standard InChI is InChI=1S/C21H23Cl2N3O/c1-14(10-16-4-3-8-26-9-7-24-21(16)26)25-13-15-11-17(12-15)27-19-6-2-5-18(22)20(19)23/h2-9,14-15,17,25H,10-13H2,1H3. The van der Waals surface area contributed by atoms with E-state index in [0.29, 0.717) is 27.8 Å². The predicted octanol–water partition coefficient (Wildman–Crippen LogP) is 5.02. The minimum absolute atomic E-state index is 0.224. The lowest BCUT2D eigenvalue weighted by Gasteiger charge is -2.36. The second kappa shape index (κ2) is 8.09. The van der Waals surface area contributed by atoms with Gasteiger partial charge in [0.05, 0.1) is 11.1 Å². The van der Waals surface area contributed by atoms with Crippen LogP contribution in [0.5, 0.6) is 5.75 Å². The molecule has 4 nitrogen and oxygen atoms in total. The molecule has 1 fully saturated rings. The molecule has 1 aromatic carbocycles. The Morgan fingerprint density at radius 1 is 1.22 bits per heavy atom. The third-order valence-corrected chi connectivity index (χ3v) is 5.98. The van der Waals surface area contributed by atoms with Crippen LogP contribution in [0.2, 0.25) is 10.0 Å². The fourth-order valence-corrected chi connectivity index (χ4v) is 3.97. The van der Waals surface area contributed by atoms with Crippen molar-refractivity contribution in [2.45, 2.75) is 38.3 Å². The SMILES string of the molecule is CC(Cc1cccn2ccnc12)NCC1CC(Oc2cccc(Cl)c2Cl)C1. The lowest BCUT2D eigenvalue weighted by molar-refractivity contribution is 0.0637. The van der Waals surface area contributed by atoms with Crippen LogP contribution in [0.4, 0.5) is 0 Å². The van der Waals surface area contributed by atoms with Crippen molar-refractivity contribution in [3.63, 3.8) is 0 Å². The number of benzene rings is 1. The number of rotatable bonds is 7. The van der Waals surface area contributed by atoms with Gasteiger partial charge in [-0.25, -0.2) is 4.98 Å². The minimum atomic E-state index is 0.224. The van der Waals surface area contributed by atoms with Crippen molar-refractivity contribution in [3.05, 3.63) is 64.5 Å². The summed E-state index contributed by atoms with van der Waals surface area (Å²) in [7, 11) is 0. The molecule has 27 heavy (non-hydrogen) atoms. The fraction of sp³-hybridized carbons (Fsp3) is 0.381. The Labute approximate surface area is 169 Å². The van der Waals surface area contributed by atoms with E-state index in [0.717, 1.165) is 31.5 Å². The molecule has 0 amide bonds. The number of nitrogens with one attached hydrogen (secondary N) is 1. The van der Waals surface area contributed by atoms with Gasteiger partial charge in [-0.2, -0.15) is 0 Å². The summed E-state index contributed by atoms with van der Waals surface area (Å²) in [4.78, 5) is 4.46. The molecule has 0 bridgehead atoms. The van der Waals surface area contributed by atoms with Crippen LogP contribution >= 0.6 is 23.2 Å². The zero-order valence-electron chi connectivity index (χ0n) is 15.2. The Morgan fingerprint density at radius 2 is 2.07 bits per heavy atom. The Bertz CT molecular complexity index is 921. The van der Waals surface area contributed by atoms with Crippen LogP contribution in [0.25, 0.3) is 5.65 Å². The van der Waals surface area contributed by atoms with Gasteiger partial charge in [-0.1, -0.05) is 35.3 Å². The van der Waals surface area contributed by atoms with E-state index >= 15 is 0 Å². The van der Waals surface area contributed by atoms with Gasteiger partial charge in [-0.3, -0.25) is 0 Å². The highest BCUT2D eigenvalue weighted by Crippen LogP contribution is 2.36. The summed E-state index contributed by atoms with van der Waals surface area (Å²) in [6, 6.07) is 10.1. The van der Waals surface area contributed by atoms with E-state index in [2.05, 4.69) is 33.8 Å². The summed E-state index contributed by atoms with van der Waals surface area (Å²) in [6.07, 6.45) is 9.13. The second-order valence-corrected chi connectivity index (χ2v) is 8.12. The molecule has 142 valence electrons. The van der Waals surface area contributed by atoms with Crippen molar-refractivity contribution in [3.8, 4) is 5.75 Å². The third kappa shape index (κ3) is 4.23. The number of ether oxygens (including phenoxy) is 1. The lowest BCUT2D eigenvalue weighted by atomic mass is 9.82. The number of hydrogen-bond donors (Lipinski definition) is 1. The summed E-state index contributed by atoms with van der Waals surface area (Å²) in [5, 5.41) is 4.69. The largest absolute Gasteiger partial charge is 0.489 e. The normalized spacial score (nSPS) is 20.4. The van der Waals surface area contributed by atoms with E-state index in [1.54, 1.807) is 6.07 Å². The molecule has 4 rings (SSSR count). The second-order valence-electron chi connectivity index (χ2n) is 7.33. The van der Waals surface area contributed by atoms with Crippen molar-refractivity contribution in [1.29, 1.82) is 0 Å². The first-order chi connectivity index (χ1) is 13.1. The molecule has 0 spiro atoms. The smallest absolute Gasteiger partial charge is 0.139 e. The van der Waals surface area contributed by atoms with E-state index in [1.165, 1.54) is 5.56 Å². The lowest BCUT2D eigenvalue weighted by Crippen LogP contribution is -2.42. The van der Waals surface area contributed by atoms with Crippen LogP contribution in [-0.2, 0) is 6.42 Å². The van der Waals surface area contributed by atoms with E-state index in [-0.39, 0.29) is 6.10 Å². The summed E-state index contributed by atoms with van der Waals surface area (Å²) >= 11 is 12.2. The highest BCUT2D eigenvalue weighted by atomic mass is 35.5. The average molecular weight is 404 g/mol. The summed E-state index contributed by atoms with van der Waals surface area (Å²) < 4.78 is 8.05.